The molecule has 0 aromatic heterocycles. The zero-order chi connectivity index (χ0) is 29.1. The van der Waals surface area contributed by atoms with Gasteiger partial charge in [-0.3, -0.25) is 0 Å². The van der Waals surface area contributed by atoms with Crippen LogP contribution in [-0.2, 0) is 5.41 Å². The number of fused-ring (bicyclic) bond motifs is 4. The van der Waals surface area contributed by atoms with Crippen molar-refractivity contribution in [3.05, 3.63) is 151 Å². The molecule has 3 heteroatoms. The van der Waals surface area contributed by atoms with Crippen molar-refractivity contribution < 1.29 is 0 Å². The summed E-state index contributed by atoms with van der Waals surface area (Å²) in [6.45, 7) is 7.08. The quantitative estimate of drug-likeness (QED) is 0.202. The van der Waals surface area contributed by atoms with Crippen LogP contribution in [0.5, 0.6) is 0 Å². The van der Waals surface area contributed by atoms with Crippen molar-refractivity contribution in [2.75, 3.05) is 9.80 Å². The summed E-state index contributed by atoms with van der Waals surface area (Å²) in [5, 5.41) is 0. The first kappa shape index (κ1) is 25.7. The number of benzene rings is 6. The van der Waals surface area contributed by atoms with Gasteiger partial charge < -0.3 is 9.80 Å². The molecule has 2 heterocycles. The van der Waals surface area contributed by atoms with Gasteiger partial charge >= 0.3 is 0 Å². The van der Waals surface area contributed by atoms with Crippen molar-refractivity contribution in [2.45, 2.75) is 26.2 Å². The van der Waals surface area contributed by atoms with Crippen LogP contribution in [0.1, 0.15) is 26.3 Å². The minimum atomic E-state index is -0.0329. The van der Waals surface area contributed by atoms with E-state index in [0.717, 1.165) is 0 Å². The molecule has 0 fully saturated rings. The number of rotatable bonds is 3. The smallest absolute Gasteiger partial charge is 0.252 e. The van der Waals surface area contributed by atoms with Gasteiger partial charge in [0.1, 0.15) is 0 Å². The van der Waals surface area contributed by atoms with Gasteiger partial charge in [-0.05, 0) is 87.0 Å². The molecule has 43 heavy (non-hydrogen) atoms. The first-order chi connectivity index (χ1) is 21.0. The van der Waals surface area contributed by atoms with Crippen LogP contribution < -0.4 is 26.2 Å². The highest BCUT2D eigenvalue weighted by atomic mass is 15.2. The molecule has 0 saturated heterocycles. The van der Waals surface area contributed by atoms with E-state index in [0.29, 0.717) is 0 Å². The van der Waals surface area contributed by atoms with Crippen LogP contribution in [0.4, 0.5) is 34.1 Å². The standard InChI is InChI=1S/C40H33BN2/c1-40(2,3)30-26-37-39-38(27-30)43(32-19-11-6-12-20-32)36-25-29(28-15-7-4-8-16-28)23-24-34(36)41(39)33-21-13-14-22-35(33)42(37)31-17-9-5-10-18-31/h4-27H,1-3H3. The second-order valence-corrected chi connectivity index (χ2v) is 12.7. The Morgan fingerprint density at radius 2 is 0.953 bits per heavy atom. The maximum absolute atomic E-state index is 2.50. The van der Waals surface area contributed by atoms with Crippen molar-refractivity contribution in [1.82, 2.24) is 0 Å². The van der Waals surface area contributed by atoms with E-state index in [2.05, 4.69) is 176 Å². The monoisotopic (exact) mass is 552 g/mol. The molecule has 8 rings (SSSR count). The molecule has 0 aliphatic carbocycles. The molecule has 2 nitrogen and oxygen atoms in total. The van der Waals surface area contributed by atoms with Gasteiger partial charge in [-0.25, -0.2) is 0 Å². The predicted molar refractivity (Wildman–Crippen MR) is 185 cm³/mol. The van der Waals surface area contributed by atoms with Gasteiger partial charge in [-0.2, -0.15) is 0 Å². The third-order valence-corrected chi connectivity index (χ3v) is 8.98. The maximum atomic E-state index is 2.50. The molecule has 0 amide bonds. The second-order valence-electron chi connectivity index (χ2n) is 12.7. The first-order valence-electron chi connectivity index (χ1n) is 15.2. The van der Waals surface area contributed by atoms with Gasteiger partial charge in [0, 0.05) is 34.1 Å². The fourth-order valence-electron chi connectivity index (χ4n) is 6.90. The minimum absolute atomic E-state index is 0.0329. The summed E-state index contributed by atoms with van der Waals surface area (Å²) in [5.41, 5.74) is 15.1. The lowest BCUT2D eigenvalue weighted by Gasteiger charge is -2.45. The number of hydrogen-bond donors (Lipinski definition) is 0. The van der Waals surface area contributed by atoms with Crippen molar-refractivity contribution in [2.24, 2.45) is 0 Å². The molecule has 2 aliphatic heterocycles. The molecule has 0 spiro atoms. The van der Waals surface area contributed by atoms with E-state index in [1.54, 1.807) is 0 Å². The number of nitrogens with zero attached hydrogens (tertiary/aromatic N) is 2. The molecule has 0 atom stereocenters. The SMILES string of the molecule is CC(C)(C)c1cc2c3c(c1)N(c1ccccc1)c1cc(-c4ccccc4)ccc1B3c1ccccc1N2c1ccccc1. The lowest BCUT2D eigenvalue weighted by Crippen LogP contribution is -2.61. The molecular formula is C40H33BN2. The Morgan fingerprint density at radius 3 is 1.56 bits per heavy atom. The minimum Gasteiger partial charge on any atom is -0.311 e. The van der Waals surface area contributed by atoms with E-state index < -0.39 is 0 Å². The Balaban J connectivity index is 1.49. The summed E-state index contributed by atoms with van der Waals surface area (Å²) in [6.07, 6.45) is 0. The summed E-state index contributed by atoms with van der Waals surface area (Å²) in [7, 11) is 0. The van der Waals surface area contributed by atoms with E-state index in [4.69, 9.17) is 0 Å². The Bertz CT molecular complexity index is 1960. The molecular weight excluding hydrogens is 519 g/mol. The highest BCUT2D eigenvalue weighted by Gasteiger charge is 2.43. The molecule has 6 aromatic rings. The number of para-hydroxylation sites is 3. The molecule has 6 aromatic carbocycles. The average molecular weight is 553 g/mol. The molecule has 0 bridgehead atoms. The molecule has 0 N–H and O–H groups in total. The van der Waals surface area contributed by atoms with Gasteiger partial charge in [0.2, 0.25) is 0 Å². The van der Waals surface area contributed by atoms with E-state index in [9.17, 15) is 0 Å². The summed E-state index contributed by atoms with van der Waals surface area (Å²) < 4.78 is 0. The summed E-state index contributed by atoms with van der Waals surface area (Å²) in [5.74, 6) is 0. The highest BCUT2D eigenvalue weighted by molar-refractivity contribution is 7.00. The summed E-state index contributed by atoms with van der Waals surface area (Å²) in [6, 6.07) is 53.4. The first-order valence-corrected chi connectivity index (χ1v) is 15.2. The summed E-state index contributed by atoms with van der Waals surface area (Å²) in [4.78, 5) is 4.98. The van der Waals surface area contributed by atoms with E-state index in [1.807, 2.05) is 0 Å². The third-order valence-electron chi connectivity index (χ3n) is 8.98. The molecule has 0 saturated carbocycles. The topological polar surface area (TPSA) is 6.48 Å². The van der Waals surface area contributed by atoms with E-state index in [1.165, 1.54) is 67.2 Å². The Hall–Kier alpha value is -5.02. The van der Waals surface area contributed by atoms with Crippen LogP contribution in [0.3, 0.4) is 0 Å². The van der Waals surface area contributed by atoms with Crippen LogP contribution >= 0.6 is 0 Å². The Morgan fingerprint density at radius 1 is 0.442 bits per heavy atom. The third kappa shape index (κ3) is 4.11. The van der Waals surface area contributed by atoms with Crippen molar-refractivity contribution in [3.63, 3.8) is 0 Å². The zero-order valence-corrected chi connectivity index (χ0v) is 24.8. The van der Waals surface area contributed by atoms with Gasteiger partial charge in [0.25, 0.3) is 6.71 Å². The Kier molecular flexibility index (Phi) is 5.84. The van der Waals surface area contributed by atoms with Crippen LogP contribution in [0.25, 0.3) is 11.1 Å². The van der Waals surface area contributed by atoms with E-state index >= 15 is 0 Å². The van der Waals surface area contributed by atoms with Crippen molar-refractivity contribution >= 4 is 57.2 Å². The van der Waals surface area contributed by atoms with E-state index in [-0.39, 0.29) is 12.1 Å². The predicted octanol–water partition coefficient (Wildman–Crippen LogP) is 8.73. The number of anilines is 6. The largest absolute Gasteiger partial charge is 0.311 e. The normalized spacial score (nSPS) is 13.3. The van der Waals surface area contributed by atoms with Gasteiger partial charge in [0.15, 0.2) is 0 Å². The highest BCUT2D eigenvalue weighted by Crippen LogP contribution is 2.46. The fraction of sp³-hybridized carbons (Fsp3) is 0.100. The lowest BCUT2D eigenvalue weighted by atomic mass is 9.33. The van der Waals surface area contributed by atoms with Crippen LogP contribution in [0, 0.1) is 0 Å². The molecule has 0 radical (unpaired) electrons. The molecule has 206 valence electrons. The zero-order valence-electron chi connectivity index (χ0n) is 24.8. The molecule has 2 aliphatic rings. The van der Waals surface area contributed by atoms with Crippen molar-refractivity contribution in [1.29, 1.82) is 0 Å². The summed E-state index contributed by atoms with van der Waals surface area (Å²) >= 11 is 0. The van der Waals surface area contributed by atoms with Crippen LogP contribution in [-0.4, -0.2) is 6.71 Å². The van der Waals surface area contributed by atoms with Crippen molar-refractivity contribution in [3.8, 4) is 11.1 Å². The second kappa shape index (κ2) is 9.78. The van der Waals surface area contributed by atoms with Gasteiger partial charge in [0.05, 0.1) is 0 Å². The van der Waals surface area contributed by atoms with Gasteiger partial charge in [-0.15, -0.1) is 0 Å². The number of hydrogen-bond acceptors (Lipinski definition) is 2. The Labute approximate surface area is 255 Å². The van der Waals surface area contributed by atoms with Gasteiger partial charge in [-0.1, -0.05) is 118 Å². The fourth-order valence-corrected chi connectivity index (χ4v) is 6.90. The van der Waals surface area contributed by atoms with Crippen LogP contribution in [0.2, 0.25) is 0 Å². The lowest BCUT2D eigenvalue weighted by molar-refractivity contribution is 0.590. The maximum Gasteiger partial charge on any atom is 0.252 e. The molecule has 0 unspecified atom stereocenters. The van der Waals surface area contributed by atoms with Crippen LogP contribution in [0.15, 0.2) is 146 Å². The average Bonchev–Trinajstić information content (AvgIpc) is 3.05.